The van der Waals surface area contributed by atoms with Crippen molar-refractivity contribution in [2.45, 2.75) is 32.6 Å². The van der Waals surface area contributed by atoms with Gasteiger partial charge in [-0.3, -0.25) is 4.79 Å². The monoisotopic (exact) mass is 205 g/mol. The summed E-state index contributed by atoms with van der Waals surface area (Å²) in [5, 5.41) is 0. The quantitative estimate of drug-likeness (QED) is 0.644. The largest absolute Gasteiger partial charge is 0.332 e. The maximum Gasteiger partial charge on any atom is 0.227 e. The van der Waals surface area contributed by atoms with Crippen molar-refractivity contribution in [2.75, 3.05) is 13.1 Å². The van der Waals surface area contributed by atoms with Crippen LogP contribution >= 0.6 is 0 Å². The van der Waals surface area contributed by atoms with Crippen molar-refractivity contribution >= 4 is 5.91 Å². The molecule has 2 saturated carbocycles. The van der Waals surface area contributed by atoms with Crippen molar-refractivity contribution in [3.63, 3.8) is 0 Å². The fraction of sp³-hybridized carbons (Fsp3) is 0.769. The molecule has 0 aromatic rings. The minimum Gasteiger partial charge on any atom is -0.332 e. The highest BCUT2D eigenvalue weighted by Gasteiger charge is 2.55. The van der Waals surface area contributed by atoms with E-state index in [9.17, 15) is 4.79 Å². The van der Waals surface area contributed by atoms with Crippen LogP contribution in [0.3, 0.4) is 0 Å². The number of carbonyl (C=O) groups is 1. The van der Waals surface area contributed by atoms with E-state index in [1.165, 1.54) is 25.7 Å². The van der Waals surface area contributed by atoms with Crippen LogP contribution in [0.1, 0.15) is 32.6 Å². The number of nitrogens with zero attached hydrogens (tertiary/aromatic N) is 1. The average molecular weight is 205 g/mol. The SMILES string of the molecule is C#CCN(CC)C(=O)C1C2CCCCC21. The Morgan fingerprint density at radius 2 is 2.00 bits per heavy atom. The van der Waals surface area contributed by atoms with E-state index in [4.69, 9.17) is 6.42 Å². The second kappa shape index (κ2) is 4.26. The molecule has 2 atom stereocenters. The fourth-order valence-corrected chi connectivity index (χ4v) is 3.03. The second-order valence-corrected chi connectivity index (χ2v) is 4.69. The van der Waals surface area contributed by atoms with E-state index in [2.05, 4.69) is 5.92 Å². The van der Waals surface area contributed by atoms with E-state index >= 15 is 0 Å². The Labute approximate surface area is 92.0 Å². The van der Waals surface area contributed by atoms with Gasteiger partial charge in [-0.1, -0.05) is 18.8 Å². The van der Waals surface area contributed by atoms with Gasteiger partial charge in [0.2, 0.25) is 5.91 Å². The van der Waals surface area contributed by atoms with Gasteiger partial charge in [0.25, 0.3) is 0 Å². The Balaban J connectivity index is 1.94. The van der Waals surface area contributed by atoms with Crippen LogP contribution in [0.25, 0.3) is 0 Å². The molecule has 1 amide bonds. The number of rotatable bonds is 3. The molecule has 0 saturated heterocycles. The molecule has 2 fully saturated rings. The Bertz CT molecular complexity index is 279. The molecule has 2 rings (SSSR count). The number of hydrogen-bond acceptors (Lipinski definition) is 1. The zero-order chi connectivity index (χ0) is 10.8. The maximum atomic E-state index is 12.1. The Morgan fingerprint density at radius 1 is 1.40 bits per heavy atom. The van der Waals surface area contributed by atoms with E-state index in [-0.39, 0.29) is 0 Å². The van der Waals surface area contributed by atoms with Crippen LogP contribution in [0, 0.1) is 30.1 Å². The molecule has 82 valence electrons. The average Bonchev–Trinajstić information content (AvgIpc) is 2.99. The highest BCUT2D eigenvalue weighted by Crippen LogP contribution is 2.55. The molecule has 0 spiro atoms. The van der Waals surface area contributed by atoms with Crippen LogP contribution in [0.5, 0.6) is 0 Å². The summed E-state index contributed by atoms with van der Waals surface area (Å²) in [7, 11) is 0. The lowest BCUT2D eigenvalue weighted by molar-refractivity contribution is -0.132. The molecule has 0 aromatic heterocycles. The Hall–Kier alpha value is -0.970. The minimum absolute atomic E-state index is 0.312. The zero-order valence-corrected chi connectivity index (χ0v) is 9.41. The highest BCUT2D eigenvalue weighted by atomic mass is 16.2. The Kier molecular flexibility index (Phi) is 3.00. The van der Waals surface area contributed by atoms with E-state index < -0.39 is 0 Å². The molecule has 2 nitrogen and oxygen atoms in total. The maximum absolute atomic E-state index is 12.1. The first-order valence-corrected chi connectivity index (χ1v) is 6.01. The fourth-order valence-electron chi connectivity index (χ4n) is 3.03. The molecule has 0 heterocycles. The number of fused-ring (bicyclic) bond motifs is 1. The van der Waals surface area contributed by atoms with E-state index in [1.807, 2.05) is 11.8 Å². The van der Waals surface area contributed by atoms with Crippen LogP contribution in [-0.4, -0.2) is 23.9 Å². The third kappa shape index (κ3) is 1.88. The predicted octanol–water partition coefficient (Wildman–Crippen LogP) is 1.90. The van der Waals surface area contributed by atoms with Crippen LogP contribution < -0.4 is 0 Å². The van der Waals surface area contributed by atoms with E-state index in [0.717, 1.165) is 6.54 Å². The van der Waals surface area contributed by atoms with Gasteiger partial charge in [-0.2, -0.15) is 0 Å². The molecule has 0 aromatic carbocycles. The van der Waals surface area contributed by atoms with Gasteiger partial charge in [0, 0.05) is 12.5 Å². The van der Waals surface area contributed by atoms with Gasteiger partial charge in [0.05, 0.1) is 6.54 Å². The van der Waals surface area contributed by atoms with Crippen LogP contribution in [0.15, 0.2) is 0 Å². The molecule has 0 radical (unpaired) electrons. The van der Waals surface area contributed by atoms with Gasteiger partial charge in [-0.25, -0.2) is 0 Å². The van der Waals surface area contributed by atoms with E-state index in [1.54, 1.807) is 0 Å². The van der Waals surface area contributed by atoms with Crippen molar-refractivity contribution < 1.29 is 4.79 Å². The third-order valence-corrected chi connectivity index (χ3v) is 3.92. The third-order valence-electron chi connectivity index (χ3n) is 3.92. The molecular formula is C13H19NO. The van der Waals surface area contributed by atoms with Gasteiger partial charge < -0.3 is 4.90 Å². The lowest BCUT2D eigenvalue weighted by Gasteiger charge is -2.17. The molecule has 0 N–H and O–H groups in total. The smallest absolute Gasteiger partial charge is 0.227 e. The van der Waals surface area contributed by atoms with Crippen molar-refractivity contribution in [2.24, 2.45) is 17.8 Å². The lowest BCUT2D eigenvalue weighted by atomic mass is 10.0. The zero-order valence-electron chi connectivity index (χ0n) is 9.41. The number of terminal acetylenes is 1. The topological polar surface area (TPSA) is 20.3 Å². The number of amides is 1. The Morgan fingerprint density at radius 3 is 2.47 bits per heavy atom. The van der Waals surface area contributed by atoms with Gasteiger partial charge in [-0.15, -0.1) is 6.42 Å². The summed E-state index contributed by atoms with van der Waals surface area (Å²) < 4.78 is 0. The first-order chi connectivity index (χ1) is 7.29. The summed E-state index contributed by atoms with van der Waals surface area (Å²) in [6.07, 6.45) is 10.4. The summed E-state index contributed by atoms with van der Waals surface area (Å²) in [4.78, 5) is 13.9. The van der Waals surface area contributed by atoms with Crippen molar-refractivity contribution in [3.8, 4) is 12.3 Å². The first kappa shape index (κ1) is 10.5. The molecule has 0 aliphatic heterocycles. The van der Waals surface area contributed by atoms with Gasteiger partial charge in [-0.05, 0) is 31.6 Å². The predicted molar refractivity (Wildman–Crippen MR) is 60.0 cm³/mol. The molecular weight excluding hydrogens is 186 g/mol. The summed E-state index contributed by atoms with van der Waals surface area (Å²) in [6.45, 7) is 3.23. The molecule has 15 heavy (non-hydrogen) atoms. The molecule has 2 heteroatoms. The molecule has 2 aliphatic carbocycles. The highest BCUT2D eigenvalue weighted by molar-refractivity contribution is 5.82. The van der Waals surface area contributed by atoms with Crippen molar-refractivity contribution in [3.05, 3.63) is 0 Å². The summed E-state index contributed by atoms with van der Waals surface area (Å²) >= 11 is 0. The van der Waals surface area contributed by atoms with Crippen LogP contribution in [0.2, 0.25) is 0 Å². The lowest BCUT2D eigenvalue weighted by Crippen LogP contribution is -2.33. The minimum atomic E-state index is 0.312. The summed E-state index contributed by atoms with van der Waals surface area (Å²) in [5.74, 6) is 4.59. The summed E-state index contributed by atoms with van der Waals surface area (Å²) in [6, 6.07) is 0. The van der Waals surface area contributed by atoms with Crippen molar-refractivity contribution in [1.82, 2.24) is 4.90 Å². The van der Waals surface area contributed by atoms with Crippen molar-refractivity contribution in [1.29, 1.82) is 0 Å². The van der Waals surface area contributed by atoms with Crippen LogP contribution in [0.4, 0.5) is 0 Å². The molecule has 2 aliphatic rings. The molecule has 0 bridgehead atoms. The standard InChI is InChI=1S/C13H19NO/c1-3-9-14(4-2)13(15)12-10-7-5-6-8-11(10)12/h1,10-12H,4-9H2,2H3. The van der Waals surface area contributed by atoms with E-state index in [0.29, 0.717) is 30.2 Å². The number of hydrogen-bond donors (Lipinski definition) is 0. The molecule has 2 unspecified atom stereocenters. The second-order valence-electron chi connectivity index (χ2n) is 4.69. The van der Waals surface area contributed by atoms with Gasteiger partial charge >= 0.3 is 0 Å². The van der Waals surface area contributed by atoms with Gasteiger partial charge in [0.1, 0.15) is 0 Å². The normalized spacial score (nSPS) is 32.7. The first-order valence-electron chi connectivity index (χ1n) is 6.01. The van der Waals surface area contributed by atoms with Crippen LogP contribution in [-0.2, 0) is 4.79 Å². The number of carbonyl (C=O) groups excluding carboxylic acids is 1. The summed E-state index contributed by atoms with van der Waals surface area (Å²) in [5.41, 5.74) is 0. The van der Waals surface area contributed by atoms with Gasteiger partial charge in [0.15, 0.2) is 0 Å².